The molecule has 0 amide bonds. The molecule has 1 aliphatic rings. The number of nitrogens with one attached hydrogen (secondary N) is 1. The van der Waals surface area contributed by atoms with Crippen LogP contribution in [-0.4, -0.2) is 27.7 Å². The van der Waals surface area contributed by atoms with Crippen LogP contribution < -0.4 is 4.74 Å². The first-order chi connectivity index (χ1) is 15.5. The van der Waals surface area contributed by atoms with Crippen molar-refractivity contribution in [3.8, 4) is 17.6 Å². The van der Waals surface area contributed by atoms with Crippen LogP contribution in [0.3, 0.4) is 0 Å². The Hall–Kier alpha value is -3.33. The van der Waals surface area contributed by atoms with Crippen LogP contribution in [0.15, 0.2) is 30.3 Å². The molecule has 32 heavy (non-hydrogen) atoms. The molecule has 1 aromatic heterocycles. The molecule has 0 spiro atoms. The van der Waals surface area contributed by atoms with Gasteiger partial charge in [0.15, 0.2) is 5.78 Å². The number of phenolic OH excluding ortho intramolecular Hbond substituents is 1. The zero-order valence-corrected chi connectivity index (χ0v) is 18.6. The fraction of sp³-hybridized carbons (Fsp3) is 0.423. The molecular weight excluding hydrogens is 402 g/mol. The lowest BCUT2D eigenvalue weighted by Crippen LogP contribution is -2.17. The van der Waals surface area contributed by atoms with Crippen LogP contribution in [0.25, 0.3) is 10.9 Å². The van der Waals surface area contributed by atoms with Gasteiger partial charge in [-0.3, -0.25) is 9.89 Å². The average Bonchev–Trinajstić information content (AvgIpc) is 3.06. The van der Waals surface area contributed by atoms with E-state index < -0.39 is 0 Å². The minimum atomic E-state index is -0.170. The molecule has 2 aromatic carbocycles. The van der Waals surface area contributed by atoms with Crippen LogP contribution in [-0.2, 0) is 12.8 Å². The molecule has 3 aromatic rings. The molecule has 1 unspecified atom stereocenters. The second-order valence-corrected chi connectivity index (χ2v) is 8.88. The number of aromatic nitrogens is 2. The lowest BCUT2D eigenvalue weighted by Gasteiger charge is -2.15. The van der Waals surface area contributed by atoms with Crippen LogP contribution >= 0.6 is 0 Å². The van der Waals surface area contributed by atoms with Gasteiger partial charge in [0.2, 0.25) is 0 Å². The van der Waals surface area contributed by atoms with Crippen LogP contribution in [0, 0.1) is 17.2 Å². The molecule has 1 atom stereocenters. The zero-order chi connectivity index (χ0) is 22.7. The number of ketones is 1. The molecule has 0 bridgehead atoms. The number of benzene rings is 2. The Bertz CT molecular complexity index is 1170. The highest BCUT2D eigenvalue weighted by Gasteiger charge is 2.27. The van der Waals surface area contributed by atoms with E-state index in [-0.39, 0.29) is 23.4 Å². The van der Waals surface area contributed by atoms with E-state index in [2.05, 4.69) is 42.2 Å². The summed E-state index contributed by atoms with van der Waals surface area (Å²) in [6, 6.07) is 11.6. The standard InChI is InChI=1S/C26H29N3O3/c1-16(2)25-21-14-22(24(30)15-23(21)28-29-25)26(31)19-7-5-6-17-13-20(9-8-18(17)12-19)32-11-4-3-10-27/h8-9,13-16,19,30H,3-7,11-12H2,1-2H3,(H,28,29). The van der Waals surface area contributed by atoms with Gasteiger partial charge in [0.1, 0.15) is 11.5 Å². The van der Waals surface area contributed by atoms with Gasteiger partial charge in [-0.25, -0.2) is 0 Å². The number of carbonyl (C=O) groups excluding carboxylic acids is 1. The predicted octanol–water partition coefficient (Wildman–Crippen LogP) is 5.45. The number of carbonyl (C=O) groups is 1. The van der Waals surface area contributed by atoms with E-state index >= 15 is 0 Å². The fourth-order valence-electron chi connectivity index (χ4n) is 4.52. The number of fused-ring (bicyclic) bond motifs is 2. The first-order valence-electron chi connectivity index (χ1n) is 11.3. The van der Waals surface area contributed by atoms with Crippen molar-refractivity contribution in [2.75, 3.05) is 6.61 Å². The SMILES string of the molecule is CC(C)c1[nH]nc2cc(O)c(C(=O)C3CCCc4cc(OCCCC#N)ccc4C3)cc12. The molecule has 166 valence electrons. The molecule has 6 heteroatoms. The van der Waals surface area contributed by atoms with Gasteiger partial charge in [-0.05, 0) is 67.3 Å². The van der Waals surface area contributed by atoms with Gasteiger partial charge in [-0.2, -0.15) is 10.4 Å². The molecule has 1 aliphatic carbocycles. The Morgan fingerprint density at radius 2 is 2.16 bits per heavy atom. The Kier molecular flexibility index (Phi) is 6.45. The molecule has 2 N–H and O–H groups in total. The quantitative estimate of drug-likeness (QED) is 0.294. The van der Waals surface area contributed by atoms with Crippen molar-refractivity contribution in [1.29, 1.82) is 5.26 Å². The second kappa shape index (κ2) is 9.44. The first kappa shape index (κ1) is 21.9. The average molecular weight is 432 g/mol. The monoisotopic (exact) mass is 431 g/mol. The number of hydrogen-bond acceptors (Lipinski definition) is 5. The minimum absolute atomic E-state index is 0.00473. The Morgan fingerprint density at radius 1 is 1.31 bits per heavy atom. The van der Waals surface area contributed by atoms with Crippen LogP contribution in [0.4, 0.5) is 0 Å². The van der Waals surface area contributed by atoms with E-state index in [4.69, 9.17) is 10.00 Å². The Morgan fingerprint density at radius 3 is 2.94 bits per heavy atom. The van der Waals surface area contributed by atoms with Gasteiger partial charge in [0.05, 0.1) is 23.8 Å². The maximum atomic E-state index is 13.5. The number of aromatic hydroxyl groups is 1. The van der Waals surface area contributed by atoms with Crippen LogP contribution in [0.1, 0.15) is 72.6 Å². The van der Waals surface area contributed by atoms with Crippen molar-refractivity contribution in [3.63, 3.8) is 0 Å². The van der Waals surface area contributed by atoms with Gasteiger partial charge in [-0.15, -0.1) is 0 Å². The lowest BCUT2D eigenvalue weighted by atomic mass is 9.88. The largest absolute Gasteiger partial charge is 0.507 e. The van der Waals surface area contributed by atoms with Gasteiger partial charge in [-0.1, -0.05) is 19.9 Å². The molecular formula is C26H29N3O3. The summed E-state index contributed by atoms with van der Waals surface area (Å²) in [7, 11) is 0. The number of aryl methyl sites for hydroxylation is 1. The summed E-state index contributed by atoms with van der Waals surface area (Å²) in [5.74, 6) is 0.876. The minimum Gasteiger partial charge on any atom is -0.507 e. The predicted molar refractivity (Wildman–Crippen MR) is 123 cm³/mol. The third-order valence-electron chi connectivity index (χ3n) is 6.26. The summed E-state index contributed by atoms with van der Waals surface area (Å²) in [5, 5.41) is 27.4. The van der Waals surface area contributed by atoms with Crippen molar-refractivity contribution in [1.82, 2.24) is 10.2 Å². The van der Waals surface area contributed by atoms with E-state index in [0.717, 1.165) is 41.7 Å². The van der Waals surface area contributed by atoms with Gasteiger partial charge < -0.3 is 9.84 Å². The third-order valence-corrected chi connectivity index (χ3v) is 6.26. The number of hydrogen-bond donors (Lipinski definition) is 2. The maximum absolute atomic E-state index is 13.5. The molecule has 0 fully saturated rings. The molecule has 0 radical (unpaired) electrons. The molecule has 6 nitrogen and oxygen atoms in total. The van der Waals surface area contributed by atoms with Crippen molar-refractivity contribution < 1.29 is 14.6 Å². The Balaban J connectivity index is 1.55. The summed E-state index contributed by atoms with van der Waals surface area (Å²) < 4.78 is 5.78. The van der Waals surface area contributed by atoms with Crippen LogP contribution in [0.5, 0.6) is 11.5 Å². The molecule has 1 heterocycles. The summed E-state index contributed by atoms with van der Waals surface area (Å²) in [6.45, 7) is 4.68. The smallest absolute Gasteiger partial charge is 0.170 e. The van der Waals surface area contributed by atoms with Crippen molar-refractivity contribution in [2.24, 2.45) is 5.92 Å². The van der Waals surface area contributed by atoms with E-state index in [1.165, 1.54) is 5.56 Å². The zero-order valence-electron chi connectivity index (χ0n) is 18.6. The van der Waals surface area contributed by atoms with Gasteiger partial charge in [0, 0.05) is 29.5 Å². The number of ether oxygens (including phenoxy) is 1. The van der Waals surface area contributed by atoms with Gasteiger partial charge in [0.25, 0.3) is 0 Å². The normalized spacial score (nSPS) is 15.9. The third kappa shape index (κ3) is 4.47. The number of rotatable bonds is 7. The molecule has 0 aliphatic heterocycles. The molecule has 4 rings (SSSR count). The summed E-state index contributed by atoms with van der Waals surface area (Å²) in [5.41, 5.74) is 4.41. The number of phenols is 1. The fourth-order valence-corrected chi connectivity index (χ4v) is 4.52. The number of unbranched alkanes of at least 4 members (excludes halogenated alkanes) is 1. The molecule has 0 saturated heterocycles. The summed E-state index contributed by atoms with van der Waals surface area (Å²) in [4.78, 5) is 13.5. The highest BCUT2D eigenvalue weighted by atomic mass is 16.5. The highest BCUT2D eigenvalue weighted by molar-refractivity contribution is 6.04. The number of nitriles is 1. The highest BCUT2D eigenvalue weighted by Crippen LogP contribution is 2.34. The summed E-state index contributed by atoms with van der Waals surface area (Å²) in [6.07, 6.45) is 4.46. The first-order valence-corrected chi connectivity index (χ1v) is 11.3. The maximum Gasteiger partial charge on any atom is 0.170 e. The van der Waals surface area contributed by atoms with Crippen molar-refractivity contribution in [3.05, 3.63) is 52.7 Å². The number of aromatic amines is 1. The number of H-pyrrole nitrogens is 1. The van der Waals surface area contributed by atoms with E-state index in [1.54, 1.807) is 12.1 Å². The topological polar surface area (TPSA) is 99.0 Å². The molecule has 0 saturated carbocycles. The number of nitrogens with zero attached hydrogens (tertiary/aromatic N) is 2. The number of Topliss-reactive ketones (excluding diaryl/α,β-unsaturated/α-hetero) is 1. The van der Waals surface area contributed by atoms with Crippen molar-refractivity contribution in [2.45, 2.75) is 58.3 Å². The Labute approximate surface area is 188 Å². The summed E-state index contributed by atoms with van der Waals surface area (Å²) >= 11 is 0. The van der Waals surface area contributed by atoms with E-state index in [9.17, 15) is 9.90 Å². The van der Waals surface area contributed by atoms with Crippen LogP contribution in [0.2, 0.25) is 0 Å². The van der Waals surface area contributed by atoms with E-state index in [1.807, 2.05) is 6.07 Å². The van der Waals surface area contributed by atoms with Crippen molar-refractivity contribution >= 4 is 16.7 Å². The van der Waals surface area contributed by atoms with E-state index in [0.29, 0.717) is 36.9 Å². The van der Waals surface area contributed by atoms with Gasteiger partial charge >= 0.3 is 0 Å². The lowest BCUT2D eigenvalue weighted by molar-refractivity contribution is 0.0910. The second-order valence-electron chi connectivity index (χ2n) is 8.88.